The molecule has 0 aliphatic rings. The molecule has 19 heavy (non-hydrogen) atoms. The van der Waals surface area contributed by atoms with E-state index < -0.39 is 4.92 Å². The minimum absolute atomic E-state index is 0.0999. The highest BCUT2D eigenvalue weighted by atomic mass is 127. The minimum Gasteiger partial charge on any atom is -0.493 e. The van der Waals surface area contributed by atoms with Crippen LogP contribution >= 0.6 is 22.6 Å². The molecule has 0 bridgehead atoms. The lowest BCUT2D eigenvalue weighted by atomic mass is 10.2. The summed E-state index contributed by atoms with van der Waals surface area (Å²) >= 11 is 2.08. The van der Waals surface area contributed by atoms with Crippen LogP contribution in [0.5, 0.6) is 11.5 Å². The Labute approximate surface area is 122 Å². The Bertz CT molecular complexity index is 626. The van der Waals surface area contributed by atoms with Crippen LogP contribution in [0, 0.1) is 13.7 Å². The Morgan fingerprint density at radius 2 is 1.95 bits per heavy atom. The van der Waals surface area contributed by atoms with Crippen LogP contribution in [0.4, 0.5) is 5.69 Å². The molecule has 1 aromatic heterocycles. The molecule has 0 saturated carbocycles. The number of nitrogens with zero attached hydrogens (tertiary/aromatic N) is 3. The minimum atomic E-state index is -0.480. The van der Waals surface area contributed by atoms with Crippen LogP contribution in [-0.2, 0) is 0 Å². The van der Waals surface area contributed by atoms with Crippen molar-refractivity contribution in [2.75, 3.05) is 14.2 Å². The second-order valence-electron chi connectivity index (χ2n) is 3.56. The fraction of sp³-hybridized carbons (Fsp3) is 0.182. The van der Waals surface area contributed by atoms with Crippen molar-refractivity contribution >= 4 is 28.3 Å². The third-order valence-corrected chi connectivity index (χ3v) is 3.03. The van der Waals surface area contributed by atoms with Crippen molar-refractivity contribution < 1.29 is 14.4 Å². The largest absolute Gasteiger partial charge is 0.493 e. The third kappa shape index (κ3) is 2.62. The van der Waals surface area contributed by atoms with Gasteiger partial charge in [0.25, 0.3) is 5.69 Å². The number of hydrogen-bond donors (Lipinski definition) is 0. The Balaban J connectivity index is 2.67. The molecule has 0 unspecified atom stereocenters. The highest BCUT2D eigenvalue weighted by molar-refractivity contribution is 14.1. The normalized spacial score (nSPS) is 10.3. The summed E-state index contributed by atoms with van der Waals surface area (Å²) in [6.45, 7) is 0. The van der Waals surface area contributed by atoms with Crippen LogP contribution < -0.4 is 9.47 Å². The average Bonchev–Trinajstić information content (AvgIpc) is 2.83. The van der Waals surface area contributed by atoms with E-state index in [1.807, 2.05) is 0 Å². The summed E-state index contributed by atoms with van der Waals surface area (Å²) in [7, 11) is 2.90. The summed E-state index contributed by atoms with van der Waals surface area (Å²) in [6.07, 6.45) is 3.30. The molecular weight excluding hydrogens is 365 g/mol. The van der Waals surface area contributed by atoms with Gasteiger partial charge in [-0.15, -0.1) is 0 Å². The molecule has 8 heteroatoms. The first kappa shape index (κ1) is 13.6. The quantitative estimate of drug-likeness (QED) is 0.466. The van der Waals surface area contributed by atoms with Gasteiger partial charge in [0, 0.05) is 12.3 Å². The van der Waals surface area contributed by atoms with Crippen molar-refractivity contribution in [3.8, 4) is 17.2 Å². The molecule has 7 nitrogen and oxygen atoms in total. The van der Waals surface area contributed by atoms with Crippen LogP contribution in [0.15, 0.2) is 24.5 Å². The van der Waals surface area contributed by atoms with Gasteiger partial charge in [-0.2, -0.15) is 5.10 Å². The number of methoxy groups -OCH3 is 2. The van der Waals surface area contributed by atoms with Crippen molar-refractivity contribution in [1.29, 1.82) is 0 Å². The highest BCUT2D eigenvalue weighted by Gasteiger charge is 2.21. The summed E-state index contributed by atoms with van der Waals surface area (Å²) in [5.74, 6) is 0.716. The van der Waals surface area contributed by atoms with Gasteiger partial charge in [-0.25, -0.2) is 4.68 Å². The van der Waals surface area contributed by atoms with Crippen LogP contribution in [-0.4, -0.2) is 28.9 Å². The molecule has 0 spiro atoms. The topological polar surface area (TPSA) is 79.4 Å². The zero-order valence-electron chi connectivity index (χ0n) is 10.2. The molecule has 0 amide bonds. The van der Waals surface area contributed by atoms with E-state index in [1.165, 1.54) is 31.0 Å². The van der Waals surface area contributed by atoms with Gasteiger partial charge in [0.1, 0.15) is 5.69 Å². The fourth-order valence-electron chi connectivity index (χ4n) is 1.62. The van der Waals surface area contributed by atoms with Gasteiger partial charge < -0.3 is 9.47 Å². The second kappa shape index (κ2) is 5.43. The molecule has 1 aromatic carbocycles. The van der Waals surface area contributed by atoms with Gasteiger partial charge in [0.15, 0.2) is 11.5 Å². The maximum absolute atomic E-state index is 11.1. The molecule has 2 rings (SSSR count). The molecule has 0 N–H and O–H groups in total. The van der Waals surface area contributed by atoms with E-state index in [0.717, 1.165) is 3.57 Å². The Hall–Kier alpha value is -1.84. The van der Waals surface area contributed by atoms with Gasteiger partial charge in [0.05, 0.1) is 35.0 Å². The van der Waals surface area contributed by atoms with E-state index in [-0.39, 0.29) is 5.69 Å². The number of nitro benzene ring substituents is 1. The van der Waals surface area contributed by atoms with Crippen LogP contribution in [0.25, 0.3) is 5.69 Å². The van der Waals surface area contributed by atoms with E-state index in [4.69, 9.17) is 9.47 Å². The summed E-state index contributed by atoms with van der Waals surface area (Å²) in [5, 5.41) is 15.2. The first-order chi connectivity index (χ1) is 9.06. The lowest BCUT2D eigenvalue weighted by molar-refractivity contribution is -0.384. The maximum atomic E-state index is 11.1. The van der Waals surface area contributed by atoms with Gasteiger partial charge in [-0.3, -0.25) is 10.1 Å². The third-order valence-electron chi connectivity index (χ3n) is 2.48. The molecule has 0 atom stereocenters. The highest BCUT2D eigenvalue weighted by Crippen LogP contribution is 2.36. The first-order valence-electron chi connectivity index (χ1n) is 5.17. The van der Waals surface area contributed by atoms with Crippen molar-refractivity contribution in [2.45, 2.75) is 0 Å². The standard InChI is InChI=1S/C11H10IN3O4/c1-18-10-3-8(14-6-7(12)5-13-14)9(15(16)17)4-11(10)19-2/h3-6H,1-2H3. The number of halogens is 1. The zero-order valence-corrected chi connectivity index (χ0v) is 12.3. The number of nitro groups is 1. The monoisotopic (exact) mass is 375 g/mol. The summed E-state index contributed by atoms with van der Waals surface area (Å²) in [6, 6.07) is 2.85. The van der Waals surface area contributed by atoms with Gasteiger partial charge >= 0.3 is 0 Å². The number of aromatic nitrogens is 2. The molecule has 0 fully saturated rings. The molecule has 0 radical (unpaired) electrons. The molecule has 2 aromatic rings. The number of benzene rings is 1. The maximum Gasteiger partial charge on any atom is 0.298 e. The molecule has 100 valence electrons. The van der Waals surface area contributed by atoms with E-state index in [9.17, 15) is 10.1 Å². The predicted molar refractivity (Wildman–Crippen MR) is 76.0 cm³/mol. The lowest BCUT2D eigenvalue weighted by Crippen LogP contribution is -2.02. The van der Waals surface area contributed by atoms with Gasteiger partial charge in [-0.05, 0) is 22.6 Å². The average molecular weight is 375 g/mol. The summed E-state index contributed by atoms with van der Waals surface area (Å²) in [4.78, 5) is 10.7. The predicted octanol–water partition coefficient (Wildman–Crippen LogP) is 2.40. The fourth-order valence-corrected chi connectivity index (χ4v) is 2.01. The van der Waals surface area contributed by atoms with Gasteiger partial charge in [0.2, 0.25) is 0 Å². The van der Waals surface area contributed by atoms with E-state index in [1.54, 1.807) is 12.4 Å². The lowest BCUT2D eigenvalue weighted by Gasteiger charge is -2.10. The van der Waals surface area contributed by atoms with Gasteiger partial charge in [-0.1, -0.05) is 0 Å². The summed E-state index contributed by atoms with van der Waals surface area (Å²) < 4.78 is 12.5. The number of ether oxygens (including phenoxy) is 2. The van der Waals surface area contributed by atoms with Crippen molar-refractivity contribution in [3.05, 3.63) is 38.2 Å². The van der Waals surface area contributed by atoms with Crippen LogP contribution in [0.1, 0.15) is 0 Å². The van der Waals surface area contributed by atoms with Crippen LogP contribution in [0.3, 0.4) is 0 Å². The Morgan fingerprint density at radius 3 is 2.42 bits per heavy atom. The van der Waals surface area contributed by atoms with Crippen LogP contribution in [0.2, 0.25) is 0 Å². The molecule has 1 heterocycles. The number of hydrogen-bond acceptors (Lipinski definition) is 5. The van der Waals surface area contributed by atoms with Crippen molar-refractivity contribution in [1.82, 2.24) is 9.78 Å². The Kier molecular flexibility index (Phi) is 3.88. The van der Waals surface area contributed by atoms with E-state index in [0.29, 0.717) is 17.2 Å². The first-order valence-corrected chi connectivity index (χ1v) is 6.25. The second-order valence-corrected chi connectivity index (χ2v) is 4.80. The smallest absolute Gasteiger partial charge is 0.298 e. The molecule has 0 saturated heterocycles. The molecule has 0 aliphatic heterocycles. The SMILES string of the molecule is COc1cc(-n2cc(I)cn2)c([N+](=O)[O-])cc1OC. The Morgan fingerprint density at radius 1 is 1.32 bits per heavy atom. The summed E-state index contributed by atoms with van der Waals surface area (Å²) in [5.41, 5.74) is 0.225. The van der Waals surface area contributed by atoms with Crippen molar-refractivity contribution in [3.63, 3.8) is 0 Å². The van der Waals surface area contributed by atoms with E-state index >= 15 is 0 Å². The molecular formula is C11H10IN3O4. The zero-order chi connectivity index (χ0) is 14.0. The van der Waals surface area contributed by atoms with Crippen molar-refractivity contribution in [2.24, 2.45) is 0 Å². The number of rotatable bonds is 4. The van der Waals surface area contributed by atoms with E-state index in [2.05, 4.69) is 27.7 Å². The molecule has 0 aliphatic carbocycles.